The summed E-state index contributed by atoms with van der Waals surface area (Å²) in [5.74, 6) is 0.562. The van der Waals surface area contributed by atoms with Crippen molar-refractivity contribution in [3.05, 3.63) is 0 Å². The van der Waals surface area contributed by atoms with Crippen LogP contribution in [0.5, 0.6) is 0 Å². The first-order valence-electron chi connectivity index (χ1n) is 5.18. The third kappa shape index (κ3) is 9.92. The van der Waals surface area contributed by atoms with Crippen molar-refractivity contribution in [2.45, 2.75) is 26.3 Å². The molecule has 0 rings (SSSR count). The Morgan fingerprint density at radius 2 is 1.71 bits per heavy atom. The molecular formula is C10H23NO3. The smallest absolute Gasteiger partial charge is 0.0701 e. The van der Waals surface area contributed by atoms with Crippen molar-refractivity contribution in [3.8, 4) is 0 Å². The fraction of sp³-hybridized carbons (Fsp3) is 1.00. The molecule has 0 bridgehead atoms. The van der Waals surface area contributed by atoms with Crippen LogP contribution in [0.3, 0.4) is 0 Å². The van der Waals surface area contributed by atoms with Gasteiger partial charge in [-0.1, -0.05) is 13.8 Å². The van der Waals surface area contributed by atoms with Gasteiger partial charge in [0, 0.05) is 19.3 Å². The van der Waals surface area contributed by atoms with E-state index in [1.54, 1.807) is 0 Å². The van der Waals surface area contributed by atoms with Crippen LogP contribution in [0.1, 0.15) is 20.3 Å². The summed E-state index contributed by atoms with van der Waals surface area (Å²) in [6.07, 6.45) is 0.590. The van der Waals surface area contributed by atoms with E-state index in [0.29, 0.717) is 32.2 Å². The molecule has 4 nitrogen and oxygen atoms in total. The van der Waals surface area contributed by atoms with Crippen LogP contribution < -0.4 is 5.73 Å². The summed E-state index contributed by atoms with van der Waals surface area (Å²) in [6.45, 7) is 6.79. The van der Waals surface area contributed by atoms with E-state index in [2.05, 4.69) is 13.8 Å². The molecule has 0 saturated heterocycles. The summed E-state index contributed by atoms with van der Waals surface area (Å²) < 4.78 is 10.6. The summed E-state index contributed by atoms with van der Waals surface area (Å²) in [5.41, 5.74) is 5.62. The molecular weight excluding hydrogens is 182 g/mol. The summed E-state index contributed by atoms with van der Waals surface area (Å²) >= 11 is 0. The first-order valence-corrected chi connectivity index (χ1v) is 5.18. The summed E-state index contributed by atoms with van der Waals surface area (Å²) in [5, 5.41) is 8.58. The maximum Gasteiger partial charge on any atom is 0.0701 e. The summed E-state index contributed by atoms with van der Waals surface area (Å²) in [6, 6.07) is -0.0647. The number of ether oxygens (including phenoxy) is 2. The van der Waals surface area contributed by atoms with E-state index >= 15 is 0 Å². The Morgan fingerprint density at radius 3 is 2.21 bits per heavy atom. The minimum atomic E-state index is -0.0647. The number of hydrogen-bond donors (Lipinski definition) is 2. The second-order valence-electron chi connectivity index (χ2n) is 3.82. The molecule has 0 amide bonds. The maximum absolute atomic E-state index is 8.58. The fourth-order valence-corrected chi connectivity index (χ4v) is 0.921. The van der Waals surface area contributed by atoms with Gasteiger partial charge in [0.15, 0.2) is 0 Å². The predicted molar refractivity (Wildman–Crippen MR) is 56.2 cm³/mol. The molecule has 14 heavy (non-hydrogen) atoms. The average molecular weight is 205 g/mol. The van der Waals surface area contributed by atoms with E-state index in [0.717, 1.165) is 6.61 Å². The predicted octanol–water partition coefficient (Wildman–Crippen LogP) is 0.385. The molecule has 0 aliphatic heterocycles. The molecule has 4 heteroatoms. The van der Waals surface area contributed by atoms with Crippen molar-refractivity contribution in [2.75, 3.05) is 33.0 Å². The molecule has 0 aromatic carbocycles. The van der Waals surface area contributed by atoms with Crippen LogP contribution in [0.25, 0.3) is 0 Å². The lowest BCUT2D eigenvalue weighted by Crippen LogP contribution is -2.28. The van der Waals surface area contributed by atoms with E-state index in [-0.39, 0.29) is 12.6 Å². The monoisotopic (exact) mass is 205 g/mol. The molecule has 0 fully saturated rings. The SMILES string of the molecule is CC(C)COCCOCC(N)CCO. The zero-order valence-electron chi connectivity index (χ0n) is 9.24. The Balaban J connectivity index is 3.05. The second-order valence-corrected chi connectivity index (χ2v) is 3.82. The first kappa shape index (κ1) is 13.8. The Labute approximate surface area is 86.4 Å². The summed E-state index contributed by atoms with van der Waals surface area (Å²) in [7, 11) is 0. The van der Waals surface area contributed by atoms with Crippen LogP contribution in [0.4, 0.5) is 0 Å². The Morgan fingerprint density at radius 1 is 1.14 bits per heavy atom. The van der Waals surface area contributed by atoms with Gasteiger partial charge >= 0.3 is 0 Å². The Hall–Kier alpha value is -0.160. The number of nitrogens with two attached hydrogens (primary N) is 1. The number of hydrogen-bond acceptors (Lipinski definition) is 4. The highest BCUT2D eigenvalue weighted by Gasteiger charge is 2.01. The van der Waals surface area contributed by atoms with E-state index in [1.165, 1.54) is 0 Å². The van der Waals surface area contributed by atoms with Crippen LogP contribution in [0.2, 0.25) is 0 Å². The molecule has 0 aromatic heterocycles. The fourth-order valence-electron chi connectivity index (χ4n) is 0.921. The minimum absolute atomic E-state index is 0.0647. The number of aliphatic hydroxyl groups is 1. The molecule has 0 spiro atoms. The average Bonchev–Trinajstić information content (AvgIpc) is 2.11. The van der Waals surface area contributed by atoms with Gasteiger partial charge in [0.2, 0.25) is 0 Å². The zero-order valence-corrected chi connectivity index (χ0v) is 9.24. The van der Waals surface area contributed by atoms with Crippen molar-refractivity contribution in [3.63, 3.8) is 0 Å². The van der Waals surface area contributed by atoms with Gasteiger partial charge in [-0.15, -0.1) is 0 Å². The third-order valence-electron chi connectivity index (χ3n) is 1.66. The van der Waals surface area contributed by atoms with Crippen molar-refractivity contribution >= 4 is 0 Å². The van der Waals surface area contributed by atoms with Crippen LogP contribution in [-0.2, 0) is 9.47 Å². The summed E-state index contributed by atoms with van der Waals surface area (Å²) in [4.78, 5) is 0. The lowest BCUT2D eigenvalue weighted by atomic mass is 10.2. The molecule has 86 valence electrons. The first-order chi connectivity index (χ1) is 6.66. The van der Waals surface area contributed by atoms with Crippen LogP contribution in [0, 0.1) is 5.92 Å². The topological polar surface area (TPSA) is 64.7 Å². The van der Waals surface area contributed by atoms with Crippen molar-refractivity contribution in [1.29, 1.82) is 0 Å². The largest absolute Gasteiger partial charge is 0.396 e. The molecule has 0 aliphatic carbocycles. The van der Waals surface area contributed by atoms with Gasteiger partial charge in [-0.3, -0.25) is 0 Å². The lowest BCUT2D eigenvalue weighted by molar-refractivity contribution is 0.0316. The third-order valence-corrected chi connectivity index (χ3v) is 1.66. The van der Waals surface area contributed by atoms with E-state index in [9.17, 15) is 0 Å². The zero-order chi connectivity index (χ0) is 10.8. The number of aliphatic hydroxyl groups excluding tert-OH is 1. The highest BCUT2D eigenvalue weighted by atomic mass is 16.5. The Kier molecular flexibility index (Phi) is 9.29. The molecule has 3 N–H and O–H groups in total. The van der Waals surface area contributed by atoms with Gasteiger partial charge in [-0.2, -0.15) is 0 Å². The van der Waals surface area contributed by atoms with Crippen LogP contribution >= 0.6 is 0 Å². The normalized spacial score (nSPS) is 13.5. The van der Waals surface area contributed by atoms with Crippen LogP contribution in [0.15, 0.2) is 0 Å². The van der Waals surface area contributed by atoms with E-state index in [4.69, 9.17) is 20.3 Å². The van der Waals surface area contributed by atoms with Crippen molar-refractivity contribution in [2.24, 2.45) is 11.7 Å². The van der Waals surface area contributed by atoms with Gasteiger partial charge < -0.3 is 20.3 Å². The standard InChI is InChI=1S/C10H23NO3/c1-9(2)7-13-5-6-14-8-10(11)3-4-12/h9-10,12H,3-8,11H2,1-2H3. The minimum Gasteiger partial charge on any atom is -0.396 e. The van der Waals surface area contributed by atoms with Crippen molar-refractivity contribution < 1.29 is 14.6 Å². The Bertz CT molecular complexity index is 120. The number of rotatable bonds is 9. The quantitative estimate of drug-likeness (QED) is 0.534. The maximum atomic E-state index is 8.58. The van der Waals surface area contributed by atoms with E-state index in [1.807, 2.05) is 0 Å². The highest BCUT2D eigenvalue weighted by molar-refractivity contribution is 4.57. The van der Waals surface area contributed by atoms with Gasteiger partial charge in [0.05, 0.1) is 19.8 Å². The second kappa shape index (κ2) is 9.40. The van der Waals surface area contributed by atoms with Gasteiger partial charge in [0.25, 0.3) is 0 Å². The highest BCUT2D eigenvalue weighted by Crippen LogP contribution is 1.92. The van der Waals surface area contributed by atoms with E-state index < -0.39 is 0 Å². The molecule has 0 radical (unpaired) electrons. The molecule has 1 atom stereocenters. The molecule has 1 unspecified atom stereocenters. The van der Waals surface area contributed by atoms with Gasteiger partial charge in [-0.25, -0.2) is 0 Å². The molecule has 0 heterocycles. The lowest BCUT2D eigenvalue weighted by Gasteiger charge is -2.11. The van der Waals surface area contributed by atoms with Crippen molar-refractivity contribution in [1.82, 2.24) is 0 Å². The molecule has 0 saturated carbocycles. The molecule has 0 aromatic rings. The van der Waals surface area contributed by atoms with Crippen LogP contribution in [-0.4, -0.2) is 44.2 Å². The molecule has 0 aliphatic rings. The van der Waals surface area contributed by atoms with Gasteiger partial charge in [-0.05, 0) is 12.3 Å². The van der Waals surface area contributed by atoms with Gasteiger partial charge in [0.1, 0.15) is 0 Å².